The van der Waals surface area contributed by atoms with Crippen LogP contribution >= 0.6 is 22.6 Å². The van der Waals surface area contributed by atoms with E-state index in [0.717, 1.165) is 29.4 Å². The molecule has 0 aromatic heterocycles. The first kappa shape index (κ1) is 18.6. The van der Waals surface area contributed by atoms with Crippen LogP contribution in [-0.2, 0) is 6.42 Å². The Morgan fingerprint density at radius 1 is 0.885 bits per heavy atom. The van der Waals surface area contributed by atoms with E-state index in [1.54, 1.807) is 18.2 Å². The molecule has 0 aliphatic heterocycles. The standard InChI is InChI=1S/C23H17F2I/c1-2-5-16-8-10-17(11-9-16)12-13-18-14-15-21(22(24)23(25)26)20-7-4-3-6-19(18)20/h3-4,6-11,14-15H,2,5H2,1H3. The molecule has 130 valence electrons. The number of benzene rings is 3. The summed E-state index contributed by atoms with van der Waals surface area (Å²) in [6.45, 7) is 2.16. The molecule has 0 saturated carbocycles. The van der Waals surface area contributed by atoms with Crippen LogP contribution in [0.25, 0.3) is 16.6 Å². The summed E-state index contributed by atoms with van der Waals surface area (Å²) >= 11 is 1.36. The van der Waals surface area contributed by atoms with Crippen molar-refractivity contribution in [3.05, 3.63) is 86.8 Å². The molecule has 0 unspecified atom stereocenters. The van der Waals surface area contributed by atoms with Crippen molar-refractivity contribution in [2.45, 2.75) is 19.8 Å². The second kappa shape index (κ2) is 8.46. The number of fused-ring (bicyclic) bond motifs is 1. The van der Waals surface area contributed by atoms with Gasteiger partial charge in [0.1, 0.15) is 0 Å². The molecule has 0 saturated heterocycles. The van der Waals surface area contributed by atoms with Gasteiger partial charge in [0, 0.05) is 16.7 Å². The SMILES string of the molecule is CCCc1ccc(C#Cc2ccc(C(F)=C(F)I)c3ccccc23)cc1. The molecule has 0 radical (unpaired) electrons. The first-order valence-corrected chi connectivity index (χ1v) is 9.52. The molecule has 26 heavy (non-hydrogen) atoms. The fourth-order valence-electron chi connectivity index (χ4n) is 2.88. The van der Waals surface area contributed by atoms with Crippen LogP contribution in [0.2, 0.25) is 0 Å². The van der Waals surface area contributed by atoms with Gasteiger partial charge in [-0.1, -0.05) is 67.6 Å². The lowest BCUT2D eigenvalue weighted by molar-refractivity contribution is 0.664. The molecule has 0 heterocycles. The van der Waals surface area contributed by atoms with E-state index >= 15 is 0 Å². The lowest BCUT2D eigenvalue weighted by atomic mass is 9.99. The van der Waals surface area contributed by atoms with E-state index in [9.17, 15) is 8.78 Å². The summed E-state index contributed by atoms with van der Waals surface area (Å²) < 4.78 is 26.6. The zero-order valence-electron chi connectivity index (χ0n) is 14.3. The van der Waals surface area contributed by atoms with E-state index in [0.29, 0.717) is 5.39 Å². The van der Waals surface area contributed by atoms with Crippen LogP contribution in [0.5, 0.6) is 0 Å². The number of hydrogen-bond donors (Lipinski definition) is 0. The largest absolute Gasteiger partial charge is 0.203 e. The van der Waals surface area contributed by atoms with Gasteiger partial charge in [-0.25, -0.2) is 4.39 Å². The topological polar surface area (TPSA) is 0 Å². The van der Waals surface area contributed by atoms with Crippen molar-refractivity contribution >= 4 is 39.2 Å². The number of aryl methyl sites for hydroxylation is 1. The van der Waals surface area contributed by atoms with Crippen molar-refractivity contribution in [2.75, 3.05) is 0 Å². The Hall–Kier alpha value is -2.19. The van der Waals surface area contributed by atoms with Crippen molar-refractivity contribution in [3.63, 3.8) is 0 Å². The molecule has 0 bridgehead atoms. The van der Waals surface area contributed by atoms with Gasteiger partial charge < -0.3 is 0 Å². The van der Waals surface area contributed by atoms with Crippen molar-refractivity contribution in [1.29, 1.82) is 0 Å². The molecular weight excluding hydrogens is 441 g/mol. The summed E-state index contributed by atoms with van der Waals surface area (Å²) in [7, 11) is 0. The van der Waals surface area contributed by atoms with Gasteiger partial charge in [-0.2, -0.15) is 4.39 Å². The highest BCUT2D eigenvalue weighted by Gasteiger charge is 2.12. The number of halogens is 3. The minimum atomic E-state index is -0.848. The summed E-state index contributed by atoms with van der Waals surface area (Å²) in [5, 5.41) is 1.47. The molecule has 3 heteroatoms. The molecule has 3 rings (SSSR count). The van der Waals surface area contributed by atoms with Crippen LogP contribution < -0.4 is 0 Å². The lowest BCUT2D eigenvalue weighted by Crippen LogP contribution is -1.87. The Labute approximate surface area is 166 Å². The van der Waals surface area contributed by atoms with Gasteiger partial charge in [0.2, 0.25) is 0 Å². The van der Waals surface area contributed by atoms with E-state index in [1.165, 1.54) is 28.2 Å². The average molecular weight is 458 g/mol. The Kier molecular flexibility index (Phi) is 6.05. The third-order valence-electron chi connectivity index (χ3n) is 4.16. The highest BCUT2D eigenvalue weighted by Crippen LogP contribution is 2.32. The van der Waals surface area contributed by atoms with Gasteiger partial charge in [-0.3, -0.25) is 0 Å². The zero-order chi connectivity index (χ0) is 18.5. The van der Waals surface area contributed by atoms with Gasteiger partial charge in [0.25, 0.3) is 0 Å². The molecular formula is C23H17F2I. The first-order valence-electron chi connectivity index (χ1n) is 8.44. The molecule has 3 aromatic carbocycles. The molecule has 0 aliphatic carbocycles. The molecule has 0 N–H and O–H groups in total. The minimum Gasteiger partial charge on any atom is -0.203 e. The van der Waals surface area contributed by atoms with E-state index in [-0.39, 0.29) is 5.56 Å². The molecule has 0 spiro atoms. The molecule has 0 atom stereocenters. The van der Waals surface area contributed by atoms with E-state index in [2.05, 4.69) is 30.9 Å². The van der Waals surface area contributed by atoms with Crippen molar-refractivity contribution in [2.24, 2.45) is 0 Å². The monoisotopic (exact) mass is 458 g/mol. The summed E-state index contributed by atoms with van der Waals surface area (Å²) in [5.74, 6) is 5.49. The molecule has 0 fully saturated rings. The van der Waals surface area contributed by atoms with Gasteiger partial charge in [-0.05, 0) is 63.5 Å². The second-order valence-electron chi connectivity index (χ2n) is 5.98. The highest BCUT2D eigenvalue weighted by atomic mass is 127. The minimum absolute atomic E-state index is 0.252. The predicted octanol–water partition coefficient (Wildman–Crippen LogP) is 7.19. The fraction of sp³-hybridized carbons (Fsp3) is 0.130. The van der Waals surface area contributed by atoms with E-state index in [4.69, 9.17) is 0 Å². The summed E-state index contributed by atoms with van der Waals surface area (Å²) in [4.78, 5) is 0. The maximum atomic E-state index is 14.1. The maximum absolute atomic E-state index is 14.1. The smallest absolute Gasteiger partial charge is 0.196 e. The third kappa shape index (κ3) is 4.13. The quantitative estimate of drug-likeness (QED) is 0.288. The molecule has 0 aliphatic rings. The molecule has 3 aromatic rings. The average Bonchev–Trinajstić information content (AvgIpc) is 2.67. The normalized spacial score (nSPS) is 11.7. The van der Waals surface area contributed by atoms with Crippen LogP contribution in [0.15, 0.2) is 64.5 Å². The van der Waals surface area contributed by atoms with Gasteiger partial charge in [0.05, 0.1) is 0 Å². The van der Waals surface area contributed by atoms with Gasteiger partial charge in [0.15, 0.2) is 9.66 Å². The number of rotatable bonds is 3. The predicted molar refractivity (Wildman–Crippen MR) is 114 cm³/mol. The van der Waals surface area contributed by atoms with Crippen molar-refractivity contribution in [1.82, 2.24) is 0 Å². The zero-order valence-corrected chi connectivity index (χ0v) is 16.5. The first-order chi connectivity index (χ1) is 12.6. The van der Waals surface area contributed by atoms with Crippen LogP contribution in [0, 0.1) is 11.8 Å². The molecule has 0 amide bonds. The Balaban J connectivity index is 2.03. The van der Waals surface area contributed by atoms with E-state index < -0.39 is 9.66 Å². The summed E-state index contributed by atoms with van der Waals surface area (Å²) in [6, 6.07) is 18.9. The van der Waals surface area contributed by atoms with Crippen molar-refractivity contribution in [3.8, 4) is 11.8 Å². The summed E-state index contributed by atoms with van der Waals surface area (Å²) in [6.07, 6.45) is 2.18. The molecule has 0 nitrogen and oxygen atoms in total. The van der Waals surface area contributed by atoms with Crippen LogP contribution in [0.1, 0.15) is 35.6 Å². The van der Waals surface area contributed by atoms with E-state index in [1.807, 2.05) is 30.3 Å². The van der Waals surface area contributed by atoms with Crippen LogP contribution in [0.4, 0.5) is 8.78 Å². The maximum Gasteiger partial charge on any atom is 0.196 e. The Morgan fingerprint density at radius 2 is 1.58 bits per heavy atom. The Bertz CT molecular complexity index is 1020. The summed E-state index contributed by atoms with van der Waals surface area (Å²) in [5.41, 5.74) is 3.28. The van der Waals surface area contributed by atoms with Gasteiger partial charge >= 0.3 is 0 Å². The Morgan fingerprint density at radius 3 is 2.23 bits per heavy atom. The van der Waals surface area contributed by atoms with Crippen LogP contribution in [-0.4, -0.2) is 0 Å². The number of hydrogen-bond acceptors (Lipinski definition) is 0. The van der Waals surface area contributed by atoms with Crippen LogP contribution in [0.3, 0.4) is 0 Å². The van der Waals surface area contributed by atoms with Gasteiger partial charge in [-0.15, -0.1) is 0 Å². The van der Waals surface area contributed by atoms with Crippen molar-refractivity contribution < 1.29 is 8.78 Å². The highest BCUT2D eigenvalue weighted by molar-refractivity contribution is 14.1. The lowest BCUT2D eigenvalue weighted by Gasteiger charge is -2.06. The fourth-order valence-corrected chi connectivity index (χ4v) is 3.17. The third-order valence-corrected chi connectivity index (χ3v) is 4.63. The second-order valence-corrected chi connectivity index (χ2v) is 6.92.